The lowest BCUT2D eigenvalue weighted by atomic mass is 9.97. The van der Waals surface area contributed by atoms with Crippen LogP contribution >= 0.6 is 0 Å². The molecule has 1 heterocycles. The molecule has 0 unspecified atom stereocenters. The summed E-state index contributed by atoms with van der Waals surface area (Å²) in [4.78, 5) is 27.3. The van der Waals surface area contributed by atoms with Gasteiger partial charge in [0.2, 0.25) is 0 Å². The lowest BCUT2D eigenvalue weighted by molar-refractivity contribution is -0.136. The quantitative estimate of drug-likeness (QED) is 0.612. The Bertz CT molecular complexity index is 1000. The number of amides is 2. The maximum Gasteiger partial charge on any atom is 0.278 e. The summed E-state index contributed by atoms with van der Waals surface area (Å²) in [7, 11) is 1.57. The fourth-order valence-electron chi connectivity index (χ4n) is 3.39. The van der Waals surface area contributed by atoms with E-state index in [4.69, 9.17) is 4.74 Å². The number of carbonyl (C=O) groups excluding carboxylic acids is 2. The van der Waals surface area contributed by atoms with Crippen molar-refractivity contribution < 1.29 is 14.3 Å². The number of hydrogen-bond acceptors (Lipinski definition) is 4. The highest BCUT2D eigenvalue weighted by Crippen LogP contribution is 2.35. The summed E-state index contributed by atoms with van der Waals surface area (Å²) in [5.41, 5.74) is 5.04. The molecule has 2 aromatic rings. The minimum absolute atomic E-state index is 0.155. The van der Waals surface area contributed by atoms with Crippen LogP contribution in [0.5, 0.6) is 5.75 Å². The number of rotatable bonds is 6. The number of methoxy groups -OCH3 is 1. The summed E-state index contributed by atoms with van der Waals surface area (Å²) >= 11 is 0. The predicted octanol–water partition coefficient (Wildman–Crippen LogP) is 4.00. The Kier molecular flexibility index (Phi) is 5.36. The van der Waals surface area contributed by atoms with Crippen LogP contribution < -0.4 is 10.1 Å². The Morgan fingerprint density at radius 2 is 1.71 bits per heavy atom. The van der Waals surface area contributed by atoms with Crippen molar-refractivity contribution >= 4 is 23.1 Å². The fraction of sp³-hybridized carbons (Fsp3) is 0.217. The van der Waals surface area contributed by atoms with Crippen LogP contribution in [0.2, 0.25) is 0 Å². The minimum atomic E-state index is -0.372. The molecule has 0 radical (unpaired) electrons. The van der Waals surface area contributed by atoms with Crippen LogP contribution in [0.15, 0.2) is 54.8 Å². The van der Waals surface area contributed by atoms with Gasteiger partial charge in [-0.2, -0.15) is 0 Å². The standard InChI is InChI=1S/C23H24N2O3/c1-6-11-25-22(26)20(17-9-7-14(2)12-16(17)4)21(23(25)27)24-18-13-15(3)8-10-19(18)28-5/h6-10,12-13,24H,1,11H2,2-5H3. The molecule has 0 fully saturated rings. The van der Waals surface area contributed by atoms with E-state index in [1.807, 2.05) is 57.2 Å². The number of imide groups is 1. The van der Waals surface area contributed by atoms with Gasteiger partial charge in [-0.05, 0) is 49.6 Å². The van der Waals surface area contributed by atoms with E-state index in [0.29, 0.717) is 17.0 Å². The highest BCUT2D eigenvalue weighted by atomic mass is 16.5. The molecule has 0 saturated carbocycles. The van der Waals surface area contributed by atoms with Crippen LogP contribution in [0.25, 0.3) is 5.57 Å². The fourth-order valence-corrected chi connectivity index (χ4v) is 3.39. The Balaban J connectivity index is 2.17. The van der Waals surface area contributed by atoms with Gasteiger partial charge in [-0.3, -0.25) is 14.5 Å². The van der Waals surface area contributed by atoms with Gasteiger partial charge in [0, 0.05) is 6.54 Å². The highest BCUT2D eigenvalue weighted by molar-refractivity contribution is 6.36. The van der Waals surface area contributed by atoms with Gasteiger partial charge < -0.3 is 10.1 Å². The summed E-state index contributed by atoms with van der Waals surface area (Å²) in [5, 5.41) is 3.17. The summed E-state index contributed by atoms with van der Waals surface area (Å²) in [6.07, 6.45) is 1.55. The number of benzene rings is 2. The predicted molar refractivity (Wildman–Crippen MR) is 111 cm³/mol. The van der Waals surface area contributed by atoms with E-state index in [1.54, 1.807) is 13.2 Å². The van der Waals surface area contributed by atoms with Crippen molar-refractivity contribution in [1.29, 1.82) is 0 Å². The number of aryl methyl sites for hydroxylation is 3. The van der Waals surface area contributed by atoms with Crippen LogP contribution in [0.4, 0.5) is 5.69 Å². The molecule has 5 heteroatoms. The number of carbonyl (C=O) groups is 2. The Morgan fingerprint density at radius 3 is 2.36 bits per heavy atom. The lowest BCUT2D eigenvalue weighted by Crippen LogP contribution is -2.32. The molecular weight excluding hydrogens is 352 g/mol. The first kappa shape index (κ1) is 19.4. The third-order valence-electron chi connectivity index (χ3n) is 4.75. The molecule has 1 aliphatic rings. The first-order valence-electron chi connectivity index (χ1n) is 9.08. The maximum absolute atomic E-state index is 13.1. The number of anilines is 1. The molecule has 0 spiro atoms. The smallest absolute Gasteiger partial charge is 0.278 e. The normalized spacial score (nSPS) is 13.9. The minimum Gasteiger partial charge on any atom is -0.495 e. The molecule has 0 aliphatic carbocycles. The van der Waals surface area contributed by atoms with E-state index in [2.05, 4.69) is 11.9 Å². The first-order chi connectivity index (χ1) is 13.4. The van der Waals surface area contributed by atoms with Gasteiger partial charge in [-0.1, -0.05) is 35.9 Å². The molecule has 0 bridgehead atoms. The van der Waals surface area contributed by atoms with E-state index >= 15 is 0 Å². The topological polar surface area (TPSA) is 58.6 Å². The molecular formula is C23H24N2O3. The van der Waals surface area contributed by atoms with Gasteiger partial charge in [-0.25, -0.2) is 0 Å². The molecule has 1 N–H and O–H groups in total. The summed E-state index contributed by atoms with van der Waals surface area (Å²) in [6, 6.07) is 11.5. The zero-order valence-electron chi connectivity index (χ0n) is 16.6. The van der Waals surface area contributed by atoms with Gasteiger partial charge in [0.25, 0.3) is 11.8 Å². The van der Waals surface area contributed by atoms with Crippen LogP contribution in [0, 0.1) is 20.8 Å². The average molecular weight is 376 g/mol. The van der Waals surface area contributed by atoms with Gasteiger partial charge in [0.05, 0.1) is 18.4 Å². The average Bonchev–Trinajstić information content (AvgIpc) is 2.87. The lowest BCUT2D eigenvalue weighted by Gasteiger charge is -2.14. The van der Waals surface area contributed by atoms with Crippen LogP contribution in [0.1, 0.15) is 22.3 Å². The van der Waals surface area contributed by atoms with Crippen molar-refractivity contribution in [2.24, 2.45) is 0 Å². The van der Waals surface area contributed by atoms with Crippen LogP contribution in [0.3, 0.4) is 0 Å². The van der Waals surface area contributed by atoms with Crippen molar-refractivity contribution in [2.45, 2.75) is 20.8 Å². The molecule has 3 rings (SSSR count). The summed E-state index contributed by atoms with van der Waals surface area (Å²) < 4.78 is 5.42. The summed E-state index contributed by atoms with van der Waals surface area (Å²) in [6.45, 7) is 9.70. The molecule has 28 heavy (non-hydrogen) atoms. The summed E-state index contributed by atoms with van der Waals surface area (Å²) in [5.74, 6) is -0.102. The van der Waals surface area contributed by atoms with Gasteiger partial charge in [0.1, 0.15) is 11.4 Å². The van der Waals surface area contributed by atoms with Gasteiger partial charge in [0.15, 0.2) is 0 Å². The van der Waals surface area contributed by atoms with Crippen molar-refractivity contribution in [1.82, 2.24) is 4.90 Å². The second-order valence-corrected chi connectivity index (χ2v) is 6.91. The van der Waals surface area contributed by atoms with E-state index in [9.17, 15) is 9.59 Å². The third-order valence-corrected chi connectivity index (χ3v) is 4.75. The Labute approximate surface area is 165 Å². The largest absolute Gasteiger partial charge is 0.495 e. The molecule has 0 aromatic heterocycles. The second kappa shape index (κ2) is 7.72. The number of nitrogens with zero attached hydrogens (tertiary/aromatic N) is 1. The molecule has 2 aromatic carbocycles. The highest BCUT2D eigenvalue weighted by Gasteiger charge is 2.39. The van der Waals surface area contributed by atoms with E-state index < -0.39 is 0 Å². The van der Waals surface area contributed by atoms with E-state index in [0.717, 1.165) is 22.3 Å². The zero-order chi connectivity index (χ0) is 20.4. The monoisotopic (exact) mass is 376 g/mol. The van der Waals surface area contributed by atoms with Crippen molar-refractivity contribution in [3.63, 3.8) is 0 Å². The van der Waals surface area contributed by atoms with E-state index in [1.165, 1.54) is 4.90 Å². The number of hydrogen-bond donors (Lipinski definition) is 1. The van der Waals surface area contributed by atoms with Crippen molar-refractivity contribution in [2.75, 3.05) is 19.0 Å². The molecule has 144 valence electrons. The zero-order valence-corrected chi connectivity index (χ0v) is 16.6. The molecule has 1 aliphatic heterocycles. The van der Waals surface area contributed by atoms with Crippen molar-refractivity contribution in [3.05, 3.63) is 77.0 Å². The Hall–Kier alpha value is -3.34. The second-order valence-electron chi connectivity index (χ2n) is 6.91. The van der Waals surface area contributed by atoms with E-state index in [-0.39, 0.29) is 24.1 Å². The van der Waals surface area contributed by atoms with Crippen LogP contribution in [-0.4, -0.2) is 30.4 Å². The molecule has 0 atom stereocenters. The Morgan fingerprint density at radius 1 is 1.04 bits per heavy atom. The van der Waals surface area contributed by atoms with Gasteiger partial charge >= 0.3 is 0 Å². The first-order valence-corrected chi connectivity index (χ1v) is 9.08. The molecule has 2 amide bonds. The maximum atomic E-state index is 13.1. The van der Waals surface area contributed by atoms with Crippen molar-refractivity contribution in [3.8, 4) is 5.75 Å². The number of ether oxygens (including phenoxy) is 1. The SMILES string of the molecule is C=CCN1C(=O)C(Nc2cc(C)ccc2OC)=C(c2ccc(C)cc2C)C1=O. The molecule has 5 nitrogen and oxygen atoms in total. The third kappa shape index (κ3) is 3.43. The van der Waals surface area contributed by atoms with Gasteiger partial charge in [-0.15, -0.1) is 6.58 Å². The van der Waals surface area contributed by atoms with Crippen LogP contribution in [-0.2, 0) is 9.59 Å². The number of nitrogens with one attached hydrogen (secondary N) is 1. The molecule has 0 saturated heterocycles.